The molecule has 0 unspecified atom stereocenters. The number of amides is 1. The second-order valence-electron chi connectivity index (χ2n) is 4.55. The molecule has 1 fully saturated rings. The Morgan fingerprint density at radius 3 is 2.76 bits per heavy atom. The van der Waals surface area contributed by atoms with Crippen molar-refractivity contribution in [2.24, 2.45) is 0 Å². The van der Waals surface area contributed by atoms with Crippen LogP contribution >= 0.6 is 0 Å². The molecule has 1 aliphatic heterocycles. The zero-order valence-electron chi connectivity index (χ0n) is 9.80. The summed E-state index contributed by atoms with van der Waals surface area (Å²) in [5.74, 6) is 0.286. The molecule has 1 aromatic heterocycles. The number of aromatic nitrogens is 1. The number of hydrogen-bond donors (Lipinski definition) is 0. The van der Waals surface area contributed by atoms with Crippen molar-refractivity contribution in [2.45, 2.75) is 19.4 Å². The Morgan fingerprint density at radius 1 is 1.18 bits per heavy atom. The highest BCUT2D eigenvalue weighted by Gasteiger charge is 2.19. The van der Waals surface area contributed by atoms with Crippen LogP contribution in [0.2, 0.25) is 0 Å². The molecule has 3 rings (SSSR count). The van der Waals surface area contributed by atoms with E-state index in [0.29, 0.717) is 6.42 Å². The van der Waals surface area contributed by atoms with Gasteiger partial charge in [-0.25, -0.2) is 0 Å². The van der Waals surface area contributed by atoms with E-state index in [4.69, 9.17) is 0 Å². The zero-order chi connectivity index (χ0) is 11.7. The summed E-state index contributed by atoms with van der Waals surface area (Å²) < 4.78 is 2.16. The fourth-order valence-electron chi connectivity index (χ4n) is 2.28. The van der Waals surface area contributed by atoms with E-state index in [1.54, 1.807) is 0 Å². The van der Waals surface area contributed by atoms with Crippen molar-refractivity contribution in [3.8, 4) is 0 Å². The molecule has 2 heterocycles. The van der Waals surface area contributed by atoms with Gasteiger partial charge in [0.15, 0.2) is 0 Å². The lowest BCUT2D eigenvalue weighted by Crippen LogP contribution is -2.42. The van der Waals surface area contributed by atoms with Crippen LogP contribution in [0.3, 0.4) is 0 Å². The van der Waals surface area contributed by atoms with Crippen molar-refractivity contribution in [3.05, 3.63) is 36.5 Å². The number of aryl methyl sites for hydroxylation is 1. The Morgan fingerprint density at radius 2 is 2.00 bits per heavy atom. The summed E-state index contributed by atoms with van der Waals surface area (Å²) in [4.78, 5) is 13.7. The first-order valence-corrected chi connectivity index (χ1v) is 6.16. The van der Waals surface area contributed by atoms with Crippen molar-refractivity contribution >= 4 is 16.8 Å². The minimum atomic E-state index is 0.286. The highest BCUT2D eigenvalue weighted by atomic mass is 16.2. The van der Waals surface area contributed by atoms with E-state index >= 15 is 0 Å². The number of para-hydroxylation sites is 1. The highest BCUT2D eigenvalue weighted by molar-refractivity contribution is 5.80. The van der Waals surface area contributed by atoms with Crippen LogP contribution in [-0.4, -0.2) is 28.5 Å². The maximum Gasteiger partial charge on any atom is 0.224 e. The fourth-order valence-corrected chi connectivity index (χ4v) is 2.28. The lowest BCUT2D eigenvalue weighted by atomic mass is 10.2. The predicted molar refractivity (Wildman–Crippen MR) is 67.8 cm³/mol. The number of hydrogen-bond acceptors (Lipinski definition) is 1. The van der Waals surface area contributed by atoms with Gasteiger partial charge >= 0.3 is 0 Å². The molecular weight excluding hydrogens is 212 g/mol. The van der Waals surface area contributed by atoms with Crippen molar-refractivity contribution < 1.29 is 4.79 Å². The van der Waals surface area contributed by atoms with Crippen molar-refractivity contribution in [1.29, 1.82) is 0 Å². The van der Waals surface area contributed by atoms with E-state index in [0.717, 1.165) is 26.1 Å². The van der Waals surface area contributed by atoms with Gasteiger partial charge in [-0.2, -0.15) is 0 Å². The molecule has 1 saturated heterocycles. The summed E-state index contributed by atoms with van der Waals surface area (Å²) in [6.45, 7) is 2.68. The van der Waals surface area contributed by atoms with Crippen LogP contribution in [0, 0.1) is 0 Å². The lowest BCUT2D eigenvalue weighted by Gasteiger charge is -2.31. The first kappa shape index (κ1) is 10.4. The van der Waals surface area contributed by atoms with E-state index in [2.05, 4.69) is 29.0 Å². The van der Waals surface area contributed by atoms with Crippen molar-refractivity contribution in [3.63, 3.8) is 0 Å². The zero-order valence-corrected chi connectivity index (χ0v) is 9.80. The molecule has 1 amide bonds. The molecule has 0 aliphatic carbocycles. The molecule has 1 aliphatic rings. The third kappa shape index (κ3) is 1.93. The Bertz CT molecular complexity index is 540. The minimum Gasteiger partial charge on any atom is -0.347 e. The van der Waals surface area contributed by atoms with Gasteiger partial charge in [0.05, 0.1) is 0 Å². The van der Waals surface area contributed by atoms with E-state index in [9.17, 15) is 4.79 Å². The number of rotatable bonds is 3. The Labute approximate surface area is 101 Å². The number of carbonyl (C=O) groups is 1. The number of carbonyl (C=O) groups excluding carboxylic acids is 1. The number of benzene rings is 1. The van der Waals surface area contributed by atoms with Gasteiger partial charge in [0.1, 0.15) is 0 Å². The normalized spacial score (nSPS) is 14.9. The molecular formula is C14H16N2O. The Kier molecular flexibility index (Phi) is 2.59. The van der Waals surface area contributed by atoms with Crippen molar-refractivity contribution in [2.75, 3.05) is 13.1 Å². The molecule has 0 bridgehead atoms. The molecule has 2 aromatic rings. The summed E-state index contributed by atoms with van der Waals surface area (Å²) in [6, 6.07) is 10.4. The summed E-state index contributed by atoms with van der Waals surface area (Å²) in [5, 5.41) is 1.24. The van der Waals surface area contributed by atoms with Gasteiger partial charge in [0, 0.05) is 37.8 Å². The third-order valence-electron chi connectivity index (χ3n) is 3.46. The fraction of sp³-hybridized carbons (Fsp3) is 0.357. The maximum absolute atomic E-state index is 11.8. The van der Waals surface area contributed by atoms with Crippen LogP contribution in [0.1, 0.15) is 12.8 Å². The molecule has 0 spiro atoms. The Balaban J connectivity index is 1.70. The van der Waals surface area contributed by atoms with Gasteiger partial charge in [0.25, 0.3) is 0 Å². The molecule has 1 aromatic carbocycles. The van der Waals surface area contributed by atoms with Crippen LogP contribution in [0.25, 0.3) is 10.9 Å². The standard InChI is InChI=1S/C14H16N2O/c17-14(16-8-3-9-16)7-11-15-10-6-12-4-1-2-5-13(12)15/h1-2,4-6,10H,3,7-9,11H2. The van der Waals surface area contributed by atoms with Crippen LogP contribution in [-0.2, 0) is 11.3 Å². The van der Waals surface area contributed by atoms with Gasteiger partial charge < -0.3 is 9.47 Å². The van der Waals surface area contributed by atoms with E-state index in [1.807, 2.05) is 17.0 Å². The van der Waals surface area contributed by atoms with Crippen LogP contribution in [0.5, 0.6) is 0 Å². The maximum atomic E-state index is 11.8. The molecule has 3 nitrogen and oxygen atoms in total. The Hall–Kier alpha value is -1.77. The van der Waals surface area contributed by atoms with Crippen LogP contribution in [0.15, 0.2) is 36.5 Å². The monoisotopic (exact) mass is 228 g/mol. The first-order valence-electron chi connectivity index (χ1n) is 6.16. The van der Waals surface area contributed by atoms with E-state index in [-0.39, 0.29) is 5.91 Å². The van der Waals surface area contributed by atoms with Crippen LogP contribution in [0.4, 0.5) is 0 Å². The average molecular weight is 228 g/mol. The van der Waals surface area contributed by atoms with Gasteiger partial charge in [-0.15, -0.1) is 0 Å². The SMILES string of the molecule is O=C(CCn1ccc2ccccc21)N1CCC1. The van der Waals surface area contributed by atoms with Gasteiger partial charge in [0.2, 0.25) is 5.91 Å². The summed E-state index contributed by atoms with van der Waals surface area (Å²) in [6.07, 6.45) is 3.84. The molecule has 0 radical (unpaired) electrons. The quantitative estimate of drug-likeness (QED) is 0.791. The van der Waals surface area contributed by atoms with Crippen molar-refractivity contribution in [1.82, 2.24) is 9.47 Å². The second kappa shape index (κ2) is 4.24. The van der Waals surface area contributed by atoms with Gasteiger partial charge in [-0.1, -0.05) is 18.2 Å². The van der Waals surface area contributed by atoms with E-state index in [1.165, 1.54) is 10.9 Å². The van der Waals surface area contributed by atoms with Gasteiger partial charge in [-0.05, 0) is 23.9 Å². The number of likely N-dealkylation sites (tertiary alicyclic amines) is 1. The van der Waals surface area contributed by atoms with Crippen LogP contribution < -0.4 is 0 Å². The lowest BCUT2D eigenvalue weighted by molar-refractivity contribution is -0.134. The smallest absolute Gasteiger partial charge is 0.224 e. The molecule has 0 saturated carbocycles. The third-order valence-corrected chi connectivity index (χ3v) is 3.46. The van der Waals surface area contributed by atoms with Gasteiger partial charge in [-0.3, -0.25) is 4.79 Å². The summed E-state index contributed by atoms with van der Waals surface area (Å²) in [5.41, 5.74) is 1.21. The largest absolute Gasteiger partial charge is 0.347 e. The number of fused-ring (bicyclic) bond motifs is 1. The average Bonchev–Trinajstić information content (AvgIpc) is 2.67. The number of nitrogens with zero attached hydrogens (tertiary/aromatic N) is 2. The topological polar surface area (TPSA) is 25.2 Å². The molecule has 3 heteroatoms. The molecule has 17 heavy (non-hydrogen) atoms. The second-order valence-corrected chi connectivity index (χ2v) is 4.55. The highest BCUT2D eigenvalue weighted by Crippen LogP contribution is 2.16. The molecule has 0 atom stereocenters. The molecule has 0 N–H and O–H groups in total. The molecule has 88 valence electrons. The van der Waals surface area contributed by atoms with E-state index < -0.39 is 0 Å². The summed E-state index contributed by atoms with van der Waals surface area (Å²) in [7, 11) is 0. The predicted octanol–water partition coefficient (Wildman–Crippen LogP) is 2.26. The first-order chi connectivity index (χ1) is 8.34. The summed E-state index contributed by atoms with van der Waals surface area (Å²) >= 11 is 0. The minimum absolute atomic E-state index is 0.286.